The molecule has 1 unspecified atom stereocenters. The van der Waals surface area contributed by atoms with Gasteiger partial charge in [0.2, 0.25) is 0 Å². The Labute approximate surface area is 97.2 Å². The maximum Gasteiger partial charge on any atom is 0.109 e. The van der Waals surface area contributed by atoms with Gasteiger partial charge in [-0.2, -0.15) is 5.10 Å². The molecular formula is C11H13BrN2O. The highest BCUT2D eigenvalue weighted by Gasteiger charge is 2.48. The number of aromatic nitrogens is 2. The summed E-state index contributed by atoms with van der Waals surface area (Å²) in [5, 5.41) is 4.34. The maximum absolute atomic E-state index is 5.91. The summed E-state index contributed by atoms with van der Waals surface area (Å²) < 4.78 is 8.96. The highest BCUT2D eigenvalue weighted by molar-refractivity contribution is 9.10. The molecule has 2 heterocycles. The molecule has 0 amide bonds. The summed E-state index contributed by atoms with van der Waals surface area (Å²) in [6, 6.07) is 0.375. The normalized spacial score (nSPS) is 34.3. The molecule has 2 aliphatic rings. The zero-order chi connectivity index (χ0) is 10.3. The molecule has 80 valence electrons. The van der Waals surface area contributed by atoms with Crippen LogP contribution in [0.15, 0.2) is 29.0 Å². The van der Waals surface area contributed by atoms with E-state index >= 15 is 0 Å². The Morgan fingerprint density at radius 2 is 2.53 bits per heavy atom. The van der Waals surface area contributed by atoms with E-state index in [0.29, 0.717) is 6.04 Å². The highest BCUT2D eigenvalue weighted by atomic mass is 79.9. The molecule has 1 aromatic heterocycles. The number of halogens is 1. The van der Waals surface area contributed by atoms with E-state index in [4.69, 9.17) is 4.74 Å². The van der Waals surface area contributed by atoms with Crippen LogP contribution < -0.4 is 0 Å². The summed E-state index contributed by atoms with van der Waals surface area (Å²) >= 11 is 3.42. The minimum atomic E-state index is -0.0658. The average Bonchev–Trinajstić information content (AvgIpc) is 2.64. The molecular weight excluding hydrogens is 256 g/mol. The van der Waals surface area contributed by atoms with E-state index in [0.717, 1.165) is 30.3 Å². The van der Waals surface area contributed by atoms with Crippen molar-refractivity contribution >= 4 is 15.9 Å². The molecule has 1 aromatic rings. The Bertz CT molecular complexity index is 401. The van der Waals surface area contributed by atoms with Crippen LogP contribution in [0.25, 0.3) is 0 Å². The predicted octanol–water partition coefficient (Wildman–Crippen LogP) is 2.70. The number of hydrogen-bond donors (Lipinski definition) is 0. The molecule has 1 aliphatic heterocycles. The average molecular weight is 269 g/mol. The maximum atomic E-state index is 5.91. The first-order valence-electron chi connectivity index (χ1n) is 5.31. The first kappa shape index (κ1) is 9.60. The third kappa shape index (κ3) is 1.47. The van der Waals surface area contributed by atoms with Crippen LogP contribution in [-0.4, -0.2) is 22.0 Å². The Hall–Kier alpha value is -0.610. The summed E-state index contributed by atoms with van der Waals surface area (Å²) in [4.78, 5) is 0. The smallest absolute Gasteiger partial charge is 0.109 e. The van der Waals surface area contributed by atoms with Gasteiger partial charge in [-0.25, -0.2) is 0 Å². The van der Waals surface area contributed by atoms with Crippen LogP contribution in [0.4, 0.5) is 0 Å². The van der Waals surface area contributed by atoms with Gasteiger partial charge < -0.3 is 4.74 Å². The fourth-order valence-electron chi connectivity index (χ4n) is 2.41. The Kier molecular flexibility index (Phi) is 2.21. The van der Waals surface area contributed by atoms with Crippen molar-refractivity contribution in [3.8, 4) is 0 Å². The second-order valence-corrected chi connectivity index (χ2v) is 5.10. The van der Waals surface area contributed by atoms with Crippen LogP contribution in [0, 0.1) is 0 Å². The fourth-order valence-corrected chi connectivity index (χ4v) is 2.71. The van der Waals surface area contributed by atoms with Gasteiger partial charge in [0, 0.05) is 6.20 Å². The number of rotatable bonds is 1. The van der Waals surface area contributed by atoms with Gasteiger partial charge in [0.15, 0.2) is 0 Å². The molecule has 0 aromatic carbocycles. The topological polar surface area (TPSA) is 27.1 Å². The van der Waals surface area contributed by atoms with Gasteiger partial charge >= 0.3 is 0 Å². The summed E-state index contributed by atoms with van der Waals surface area (Å²) in [6.45, 7) is 0.843. The number of hydrogen-bond acceptors (Lipinski definition) is 2. The lowest BCUT2D eigenvalue weighted by molar-refractivity contribution is -0.111. The summed E-state index contributed by atoms with van der Waals surface area (Å²) in [7, 11) is 0. The van der Waals surface area contributed by atoms with Crippen molar-refractivity contribution in [1.82, 2.24) is 9.78 Å². The molecule has 0 bridgehead atoms. The van der Waals surface area contributed by atoms with E-state index in [2.05, 4.69) is 33.2 Å². The van der Waals surface area contributed by atoms with E-state index in [1.807, 2.05) is 17.1 Å². The lowest BCUT2D eigenvalue weighted by Crippen LogP contribution is -2.50. The third-order valence-electron chi connectivity index (χ3n) is 3.32. The first-order chi connectivity index (χ1) is 7.30. The molecule has 1 aliphatic carbocycles. The largest absolute Gasteiger partial charge is 0.368 e. The Morgan fingerprint density at radius 3 is 3.07 bits per heavy atom. The van der Waals surface area contributed by atoms with E-state index in [-0.39, 0.29) is 5.60 Å². The molecule has 15 heavy (non-hydrogen) atoms. The SMILES string of the molecule is Brc1cnn(C2CC[C@]23C=CCCO3)c1. The second-order valence-electron chi connectivity index (χ2n) is 4.19. The molecule has 1 spiro atoms. The number of ether oxygens (including phenoxy) is 1. The van der Waals surface area contributed by atoms with E-state index in [1.165, 1.54) is 0 Å². The van der Waals surface area contributed by atoms with Crippen molar-refractivity contribution in [1.29, 1.82) is 0 Å². The van der Waals surface area contributed by atoms with E-state index in [9.17, 15) is 0 Å². The molecule has 4 heteroatoms. The molecule has 0 saturated heterocycles. The van der Waals surface area contributed by atoms with Gasteiger partial charge in [0.1, 0.15) is 5.60 Å². The van der Waals surface area contributed by atoms with Crippen LogP contribution >= 0.6 is 15.9 Å². The van der Waals surface area contributed by atoms with Crippen LogP contribution in [-0.2, 0) is 4.74 Å². The predicted molar refractivity (Wildman–Crippen MR) is 60.6 cm³/mol. The standard InChI is InChI=1S/C11H13BrN2O/c12-9-7-13-14(8-9)10-3-5-11(10)4-1-2-6-15-11/h1,4,7-8,10H,2-3,5-6H2/t10?,11-/m1/s1. The zero-order valence-electron chi connectivity index (χ0n) is 8.40. The van der Waals surface area contributed by atoms with E-state index < -0.39 is 0 Å². The van der Waals surface area contributed by atoms with Crippen molar-refractivity contribution < 1.29 is 4.74 Å². The van der Waals surface area contributed by atoms with Crippen LogP contribution in [0.3, 0.4) is 0 Å². The van der Waals surface area contributed by atoms with Crippen molar-refractivity contribution in [3.05, 3.63) is 29.0 Å². The zero-order valence-corrected chi connectivity index (χ0v) is 9.98. The van der Waals surface area contributed by atoms with Gasteiger partial charge in [-0.15, -0.1) is 0 Å². The molecule has 0 N–H and O–H groups in total. The monoisotopic (exact) mass is 268 g/mol. The van der Waals surface area contributed by atoms with Crippen LogP contribution in [0.1, 0.15) is 25.3 Å². The molecule has 3 nitrogen and oxygen atoms in total. The van der Waals surface area contributed by atoms with Crippen LogP contribution in [0.2, 0.25) is 0 Å². The highest BCUT2D eigenvalue weighted by Crippen LogP contribution is 2.47. The molecule has 2 atom stereocenters. The third-order valence-corrected chi connectivity index (χ3v) is 3.73. The lowest BCUT2D eigenvalue weighted by atomic mass is 9.73. The van der Waals surface area contributed by atoms with E-state index in [1.54, 1.807) is 0 Å². The molecule has 0 radical (unpaired) electrons. The van der Waals surface area contributed by atoms with Crippen molar-refractivity contribution in [3.63, 3.8) is 0 Å². The van der Waals surface area contributed by atoms with Crippen molar-refractivity contribution in [2.75, 3.05) is 6.61 Å². The van der Waals surface area contributed by atoms with Gasteiger partial charge in [0.05, 0.1) is 23.3 Å². The van der Waals surface area contributed by atoms with Crippen molar-refractivity contribution in [2.45, 2.75) is 30.9 Å². The van der Waals surface area contributed by atoms with Gasteiger partial charge in [-0.3, -0.25) is 4.68 Å². The number of nitrogens with zero attached hydrogens (tertiary/aromatic N) is 2. The minimum Gasteiger partial charge on any atom is -0.368 e. The molecule has 1 saturated carbocycles. The Morgan fingerprint density at radius 1 is 1.60 bits per heavy atom. The summed E-state index contributed by atoms with van der Waals surface area (Å²) in [6.07, 6.45) is 11.6. The van der Waals surface area contributed by atoms with Crippen molar-refractivity contribution in [2.24, 2.45) is 0 Å². The summed E-state index contributed by atoms with van der Waals surface area (Å²) in [5.74, 6) is 0. The molecule has 1 fully saturated rings. The quantitative estimate of drug-likeness (QED) is 0.733. The minimum absolute atomic E-state index is 0.0658. The molecule has 3 rings (SSSR count). The first-order valence-corrected chi connectivity index (χ1v) is 6.11. The Balaban J connectivity index is 1.88. The van der Waals surface area contributed by atoms with Gasteiger partial charge in [-0.1, -0.05) is 12.2 Å². The van der Waals surface area contributed by atoms with Gasteiger partial charge in [-0.05, 0) is 35.2 Å². The second kappa shape index (κ2) is 3.46. The van der Waals surface area contributed by atoms with Crippen LogP contribution in [0.5, 0.6) is 0 Å². The van der Waals surface area contributed by atoms with Gasteiger partial charge in [0.25, 0.3) is 0 Å². The lowest BCUT2D eigenvalue weighted by Gasteiger charge is -2.48. The fraction of sp³-hybridized carbons (Fsp3) is 0.545. The summed E-state index contributed by atoms with van der Waals surface area (Å²) in [5.41, 5.74) is -0.0658.